The maximum absolute atomic E-state index is 10.3. The minimum absolute atomic E-state index is 0.0906. The van der Waals surface area contributed by atoms with Gasteiger partial charge in [-0.1, -0.05) is 39.0 Å². The fourth-order valence-electron chi connectivity index (χ4n) is 0.712. The lowest BCUT2D eigenvalue weighted by Gasteiger charge is -1.96. The van der Waals surface area contributed by atoms with Gasteiger partial charge in [0.15, 0.2) is 5.78 Å². The van der Waals surface area contributed by atoms with Gasteiger partial charge in [-0.15, -0.1) is 0 Å². The standard InChI is InChI=1S/C6H10O3.C6H6O.C2H6/c1-3-6(8)9-4-5(2)7;7-6-4-2-1-3-5-6;1-2/h3-4H2,1-2H3;1-5,7H;1-2H3. The second-order valence-corrected chi connectivity index (χ2v) is 3.05. The predicted octanol–water partition coefficient (Wildman–Crippen LogP) is 2.95. The second kappa shape index (κ2) is 13.2. The number of hydrogen-bond donors (Lipinski definition) is 1. The molecule has 0 spiro atoms. The molecule has 0 atom stereocenters. The largest absolute Gasteiger partial charge is 0.508 e. The molecule has 4 nitrogen and oxygen atoms in total. The first-order chi connectivity index (χ1) is 8.56. The van der Waals surface area contributed by atoms with Gasteiger partial charge in [0, 0.05) is 6.42 Å². The number of benzene rings is 1. The van der Waals surface area contributed by atoms with E-state index in [1.54, 1.807) is 31.2 Å². The molecular weight excluding hydrogens is 232 g/mol. The summed E-state index contributed by atoms with van der Waals surface area (Å²) in [4.78, 5) is 20.5. The molecule has 1 rings (SSSR count). The Morgan fingerprint density at radius 3 is 1.94 bits per heavy atom. The molecule has 0 heterocycles. The Balaban J connectivity index is 0. The van der Waals surface area contributed by atoms with Crippen LogP contribution < -0.4 is 0 Å². The maximum atomic E-state index is 10.3. The van der Waals surface area contributed by atoms with Gasteiger partial charge in [-0.2, -0.15) is 0 Å². The summed E-state index contributed by atoms with van der Waals surface area (Å²) in [6.45, 7) is 6.97. The van der Waals surface area contributed by atoms with Gasteiger partial charge in [0.25, 0.3) is 0 Å². The van der Waals surface area contributed by atoms with Gasteiger partial charge in [-0.25, -0.2) is 0 Å². The highest BCUT2D eigenvalue weighted by Gasteiger charge is 1.98. The van der Waals surface area contributed by atoms with Gasteiger partial charge in [-0.05, 0) is 19.1 Å². The highest BCUT2D eigenvalue weighted by Crippen LogP contribution is 2.02. The Morgan fingerprint density at radius 2 is 1.67 bits per heavy atom. The molecule has 1 aromatic carbocycles. The van der Waals surface area contributed by atoms with Gasteiger partial charge in [0.2, 0.25) is 0 Å². The third-order valence-electron chi connectivity index (χ3n) is 1.48. The number of carbonyl (C=O) groups is 2. The molecule has 0 saturated carbocycles. The molecule has 0 fully saturated rings. The number of phenols is 1. The molecule has 1 N–H and O–H groups in total. The predicted molar refractivity (Wildman–Crippen MR) is 71.4 cm³/mol. The van der Waals surface area contributed by atoms with Gasteiger partial charge in [0.05, 0.1) is 0 Å². The van der Waals surface area contributed by atoms with Crippen LogP contribution in [0.25, 0.3) is 0 Å². The van der Waals surface area contributed by atoms with Gasteiger partial charge in [0.1, 0.15) is 12.4 Å². The smallest absolute Gasteiger partial charge is 0.305 e. The molecule has 18 heavy (non-hydrogen) atoms. The molecule has 0 aliphatic heterocycles. The van der Waals surface area contributed by atoms with Crippen molar-refractivity contribution in [1.82, 2.24) is 0 Å². The molecule has 1 aromatic rings. The van der Waals surface area contributed by atoms with Crippen LogP contribution in [0.4, 0.5) is 0 Å². The molecule has 0 amide bonds. The van der Waals surface area contributed by atoms with Crippen molar-refractivity contribution in [3.63, 3.8) is 0 Å². The fourth-order valence-corrected chi connectivity index (χ4v) is 0.712. The van der Waals surface area contributed by atoms with Crippen LogP contribution in [-0.4, -0.2) is 23.5 Å². The number of rotatable bonds is 3. The first kappa shape index (κ1) is 18.5. The Labute approximate surface area is 109 Å². The first-order valence-electron chi connectivity index (χ1n) is 5.95. The monoisotopic (exact) mass is 254 g/mol. The number of carbonyl (C=O) groups excluding carboxylic acids is 2. The lowest BCUT2D eigenvalue weighted by atomic mass is 10.3. The number of para-hydroxylation sites is 1. The summed E-state index contributed by atoms with van der Waals surface area (Å²) in [6.07, 6.45) is 0.327. The van der Waals surface area contributed by atoms with E-state index >= 15 is 0 Å². The molecule has 0 aromatic heterocycles. The third kappa shape index (κ3) is 14.2. The van der Waals surface area contributed by atoms with Crippen LogP contribution in [0, 0.1) is 0 Å². The molecule has 4 heteroatoms. The molecular formula is C14H22O4. The Hall–Kier alpha value is -1.84. The van der Waals surface area contributed by atoms with Crippen molar-refractivity contribution < 1.29 is 19.4 Å². The van der Waals surface area contributed by atoms with E-state index in [-0.39, 0.29) is 18.4 Å². The average Bonchev–Trinajstić information content (AvgIpc) is 2.40. The number of ether oxygens (including phenoxy) is 1. The summed E-state index contributed by atoms with van der Waals surface area (Å²) in [5.41, 5.74) is 0. The van der Waals surface area contributed by atoms with Gasteiger partial charge in [-0.3, -0.25) is 9.59 Å². The molecule has 0 unspecified atom stereocenters. The van der Waals surface area contributed by atoms with Crippen molar-refractivity contribution in [2.45, 2.75) is 34.1 Å². The third-order valence-corrected chi connectivity index (χ3v) is 1.48. The average molecular weight is 254 g/mol. The second-order valence-electron chi connectivity index (χ2n) is 3.05. The Kier molecular flexibility index (Phi) is 13.6. The minimum Gasteiger partial charge on any atom is -0.508 e. The fraction of sp³-hybridized carbons (Fsp3) is 0.429. The Bertz CT molecular complexity index is 320. The van der Waals surface area contributed by atoms with Crippen LogP contribution in [0.15, 0.2) is 30.3 Å². The SMILES string of the molecule is CC.CCC(=O)OCC(C)=O.Oc1ccccc1. The molecule has 0 aliphatic rings. The van der Waals surface area contributed by atoms with Crippen molar-refractivity contribution in [1.29, 1.82) is 0 Å². The zero-order chi connectivity index (χ0) is 14.4. The molecule has 0 bridgehead atoms. The van der Waals surface area contributed by atoms with Gasteiger partial charge < -0.3 is 9.84 Å². The number of phenolic OH excluding ortho intramolecular Hbond substituents is 1. The number of ketones is 1. The van der Waals surface area contributed by atoms with Crippen LogP contribution in [-0.2, 0) is 14.3 Å². The van der Waals surface area contributed by atoms with E-state index in [9.17, 15) is 9.59 Å². The lowest BCUT2D eigenvalue weighted by molar-refractivity contribution is -0.147. The van der Waals surface area contributed by atoms with Crippen molar-refractivity contribution in [2.75, 3.05) is 6.61 Å². The van der Waals surface area contributed by atoms with E-state index in [2.05, 4.69) is 4.74 Å². The van der Waals surface area contributed by atoms with E-state index < -0.39 is 0 Å². The minimum atomic E-state index is -0.329. The summed E-state index contributed by atoms with van der Waals surface area (Å²) in [6, 6.07) is 8.71. The summed E-state index contributed by atoms with van der Waals surface area (Å²) in [5, 5.41) is 8.63. The number of aromatic hydroxyl groups is 1. The van der Waals surface area contributed by atoms with Crippen LogP contribution in [0.3, 0.4) is 0 Å². The molecule has 0 aliphatic carbocycles. The lowest BCUT2D eigenvalue weighted by Crippen LogP contribution is -2.09. The normalized spacial score (nSPS) is 8.00. The van der Waals surface area contributed by atoms with Crippen LogP contribution in [0.1, 0.15) is 34.1 Å². The maximum Gasteiger partial charge on any atom is 0.305 e. The summed E-state index contributed by atoms with van der Waals surface area (Å²) < 4.78 is 4.46. The van der Waals surface area contributed by atoms with E-state index in [1.807, 2.05) is 19.9 Å². The van der Waals surface area contributed by atoms with Crippen LogP contribution >= 0.6 is 0 Å². The van der Waals surface area contributed by atoms with E-state index in [4.69, 9.17) is 5.11 Å². The number of esters is 1. The van der Waals surface area contributed by atoms with Crippen molar-refractivity contribution in [2.24, 2.45) is 0 Å². The summed E-state index contributed by atoms with van der Waals surface area (Å²) in [7, 11) is 0. The molecule has 102 valence electrons. The van der Waals surface area contributed by atoms with Crippen molar-refractivity contribution in [3.05, 3.63) is 30.3 Å². The van der Waals surface area contributed by atoms with Crippen LogP contribution in [0.2, 0.25) is 0 Å². The van der Waals surface area contributed by atoms with Gasteiger partial charge >= 0.3 is 5.97 Å². The topological polar surface area (TPSA) is 63.6 Å². The van der Waals surface area contributed by atoms with E-state index in [1.165, 1.54) is 6.92 Å². The number of Topliss-reactive ketones (excluding diaryl/α,β-unsaturated/α-hetero) is 1. The highest BCUT2D eigenvalue weighted by molar-refractivity contribution is 5.80. The van der Waals surface area contributed by atoms with E-state index in [0.717, 1.165) is 0 Å². The van der Waals surface area contributed by atoms with E-state index in [0.29, 0.717) is 12.2 Å². The zero-order valence-corrected chi connectivity index (χ0v) is 11.5. The Morgan fingerprint density at radius 1 is 1.17 bits per heavy atom. The van der Waals surface area contributed by atoms with Crippen LogP contribution in [0.5, 0.6) is 5.75 Å². The summed E-state index contributed by atoms with van der Waals surface area (Å²) in [5.74, 6) is -0.135. The summed E-state index contributed by atoms with van der Waals surface area (Å²) >= 11 is 0. The first-order valence-corrected chi connectivity index (χ1v) is 5.95. The molecule has 0 saturated heterocycles. The highest BCUT2D eigenvalue weighted by atomic mass is 16.5. The van der Waals surface area contributed by atoms with Crippen molar-refractivity contribution >= 4 is 11.8 Å². The quantitative estimate of drug-likeness (QED) is 0.842. The zero-order valence-electron chi connectivity index (χ0n) is 11.5. The van der Waals surface area contributed by atoms with Crippen molar-refractivity contribution in [3.8, 4) is 5.75 Å². The molecule has 0 radical (unpaired) electrons. The number of hydrogen-bond acceptors (Lipinski definition) is 4.